The second kappa shape index (κ2) is 5.31. The van der Waals surface area contributed by atoms with E-state index in [0.717, 1.165) is 0 Å². The Morgan fingerprint density at radius 2 is 1.96 bits per heavy atom. The topological polar surface area (TPSA) is 106 Å². The number of benzene rings is 1. The summed E-state index contributed by atoms with van der Waals surface area (Å²) in [5, 5.41) is 19.1. The Labute approximate surface area is 136 Å². The first kappa shape index (κ1) is 14.1. The Balaban J connectivity index is 1.81. The van der Waals surface area contributed by atoms with Crippen molar-refractivity contribution < 1.29 is 5.11 Å². The molecule has 3 N–H and O–H groups in total. The molecule has 7 heteroatoms. The normalized spacial score (nSPS) is 14.7. The molecule has 0 aliphatic carbocycles. The van der Waals surface area contributed by atoms with Crippen molar-refractivity contribution in [3.8, 4) is 0 Å². The van der Waals surface area contributed by atoms with Gasteiger partial charge < -0.3 is 15.0 Å². The first-order valence-corrected chi connectivity index (χ1v) is 7.34. The van der Waals surface area contributed by atoms with Crippen molar-refractivity contribution in [2.75, 3.05) is 11.4 Å². The van der Waals surface area contributed by atoms with Crippen LogP contribution in [0.5, 0.6) is 0 Å². The van der Waals surface area contributed by atoms with Gasteiger partial charge in [-0.25, -0.2) is 9.97 Å². The van der Waals surface area contributed by atoms with E-state index >= 15 is 0 Å². The molecule has 0 saturated heterocycles. The zero-order chi connectivity index (χ0) is 16.7. The minimum Gasteiger partial charge on any atom is -0.509 e. The molecule has 1 aromatic carbocycles. The van der Waals surface area contributed by atoms with Crippen LogP contribution in [0.4, 0.5) is 5.82 Å². The summed E-state index contributed by atoms with van der Waals surface area (Å²) in [5.74, 6) is 0.750. The third-order valence-electron chi connectivity index (χ3n) is 3.88. The summed E-state index contributed by atoms with van der Waals surface area (Å²) in [6, 6.07) is 12.3. The predicted octanol–water partition coefficient (Wildman–Crippen LogP) is 2.08. The van der Waals surface area contributed by atoms with Crippen LogP contribution < -0.4 is 10.5 Å². The van der Waals surface area contributed by atoms with Crippen molar-refractivity contribution in [3.05, 3.63) is 70.6 Å². The highest BCUT2D eigenvalue weighted by Crippen LogP contribution is 2.28. The van der Waals surface area contributed by atoms with E-state index in [9.17, 15) is 9.90 Å². The highest BCUT2D eigenvalue weighted by molar-refractivity contribution is 6.30. The Bertz CT molecular complexity index is 1040. The van der Waals surface area contributed by atoms with Crippen molar-refractivity contribution in [2.24, 2.45) is 0 Å². The fraction of sp³-hybridized carbons (Fsp3) is 0.0588. The Morgan fingerprint density at radius 1 is 1.17 bits per heavy atom. The van der Waals surface area contributed by atoms with E-state index in [2.05, 4.69) is 15.0 Å². The third kappa shape index (κ3) is 2.14. The van der Waals surface area contributed by atoms with Gasteiger partial charge in [-0.2, -0.15) is 0 Å². The number of aromatic nitrogens is 3. The van der Waals surface area contributed by atoms with Crippen LogP contribution in [-0.4, -0.2) is 32.4 Å². The van der Waals surface area contributed by atoms with Crippen LogP contribution >= 0.6 is 0 Å². The van der Waals surface area contributed by atoms with Crippen LogP contribution in [0, 0.1) is 5.41 Å². The molecule has 0 radical (unpaired) electrons. The first-order chi connectivity index (χ1) is 11.6. The molecule has 0 atom stereocenters. The lowest BCUT2D eigenvalue weighted by atomic mass is 10.2. The predicted molar refractivity (Wildman–Crippen MR) is 91.2 cm³/mol. The number of fused-ring (bicyclic) bond motifs is 1. The molecule has 0 unspecified atom stereocenters. The number of aliphatic hydroxyl groups is 1. The van der Waals surface area contributed by atoms with Crippen LogP contribution in [-0.2, 0) is 0 Å². The van der Waals surface area contributed by atoms with Crippen LogP contribution in [0.1, 0.15) is 5.82 Å². The number of para-hydroxylation sites is 1. The van der Waals surface area contributed by atoms with E-state index in [1.54, 1.807) is 53.6 Å². The number of aromatic amines is 1. The van der Waals surface area contributed by atoms with Gasteiger partial charge in [0.25, 0.3) is 5.56 Å². The lowest BCUT2D eigenvalue weighted by Gasteiger charge is -2.17. The summed E-state index contributed by atoms with van der Waals surface area (Å²) in [6.07, 6.45) is 1.62. The lowest BCUT2D eigenvalue weighted by molar-refractivity contribution is 0.411. The monoisotopic (exact) mass is 319 g/mol. The van der Waals surface area contributed by atoms with E-state index in [1.165, 1.54) is 0 Å². The molecule has 1 aliphatic rings. The summed E-state index contributed by atoms with van der Waals surface area (Å²) in [7, 11) is 0. The average molecular weight is 319 g/mol. The number of nitrogens with zero attached hydrogens (tertiary/aromatic N) is 3. The number of pyridine rings is 1. The summed E-state index contributed by atoms with van der Waals surface area (Å²) in [5.41, 5.74) is 0.420. The molecule has 118 valence electrons. The number of amidine groups is 1. The van der Waals surface area contributed by atoms with Gasteiger partial charge >= 0.3 is 0 Å². The SMILES string of the molecule is N=C1C(c2nc3ccccc3c(=O)[nH]2)=C(O)CN1c1ccccn1. The number of hydrogen-bond donors (Lipinski definition) is 3. The van der Waals surface area contributed by atoms with Crippen LogP contribution in [0.15, 0.2) is 59.2 Å². The number of rotatable bonds is 2. The van der Waals surface area contributed by atoms with E-state index in [4.69, 9.17) is 5.41 Å². The maximum Gasteiger partial charge on any atom is 0.259 e. The standard InChI is InChI=1S/C17H13N5O2/c18-15-14(12(23)9-22(15)13-7-3-4-8-19-13)16-20-11-6-2-1-5-10(11)17(24)21-16/h1-8,18,23H,9H2,(H,20,21,24). The highest BCUT2D eigenvalue weighted by atomic mass is 16.3. The summed E-state index contributed by atoms with van der Waals surface area (Å²) >= 11 is 0. The van der Waals surface area contributed by atoms with Crippen molar-refractivity contribution >= 4 is 28.1 Å². The van der Waals surface area contributed by atoms with Gasteiger partial charge in [-0.3, -0.25) is 10.2 Å². The zero-order valence-corrected chi connectivity index (χ0v) is 12.5. The molecule has 3 aromatic rings. The average Bonchev–Trinajstić information content (AvgIpc) is 2.90. The van der Waals surface area contributed by atoms with Gasteiger partial charge in [-0.05, 0) is 24.3 Å². The van der Waals surface area contributed by atoms with Crippen LogP contribution in [0.25, 0.3) is 16.5 Å². The molecule has 2 aromatic heterocycles. The molecule has 0 spiro atoms. The molecule has 0 bridgehead atoms. The Morgan fingerprint density at radius 3 is 2.75 bits per heavy atom. The largest absolute Gasteiger partial charge is 0.509 e. The van der Waals surface area contributed by atoms with Gasteiger partial charge in [0.1, 0.15) is 23.2 Å². The highest BCUT2D eigenvalue weighted by Gasteiger charge is 2.31. The smallest absolute Gasteiger partial charge is 0.259 e. The fourth-order valence-electron chi connectivity index (χ4n) is 2.74. The fourth-order valence-corrected chi connectivity index (χ4v) is 2.74. The van der Waals surface area contributed by atoms with E-state index in [0.29, 0.717) is 16.7 Å². The van der Waals surface area contributed by atoms with Crippen molar-refractivity contribution in [1.82, 2.24) is 15.0 Å². The third-order valence-corrected chi connectivity index (χ3v) is 3.88. The molecule has 0 saturated carbocycles. The van der Waals surface area contributed by atoms with E-state index in [1.807, 2.05) is 0 Å². The van der Waals surface area contributed by atoms with Gasteiger partial charge in [0.15, 0.2) is 0 Å². The molecule has 7 nitrogen and oxygen atoms in total. The maximum atomic E-state index is 12.2. The molecule has 24 heavy (non-hydrogen) atoms. The lowest BCUT2D eigenvalue weighted by Crippen LogP contribution is -2.27. The van der Waals surface area contributed by atoms with Crippen molar-refractivity contribution in [1.29, 1.82) is 5.41 Å². The van der Waals surface area contributed by atoms with Gasteiger partial charge in [0, 0.05) is 6.20 Å². The van der Waals surface area contributed by atoms with E-state index < -0.39 is 0 Å². The minimum atomic E-state index is -0.306. The first-order valence-electron chi connectivity index (χ1n) is 7.34. The van der Waals surface area contributed by atoms with Crippen molar-refractivity contribution in [2.45, 2.75) is 0 Å². The van der Waals surface area contributed by atoms with E-state index in [-0.39, 0.29) is 35.1 Å². The number of H-pyrrole nitrogens is 1. The number of nitrogens with one attached hydrogen (secondary N) is 2. The second-order valence-electron chi connectivity index (χ2n) is 5.38. The molecule has 3 heterocycles. The number of hydrogen-bond acceptors (Lipinski definition) is 5. The van der Waals surface area contributed by atoms with Gasteiger partial charge in [0.05, 0.1) is 23.0 Å². The molecule has 0 fully saturated rings. The van der Waals surface area contributed by atoms with Crippen LogP contribution in [0.3, 0.4) is 0 Å². The summed E-state index contributed by atoms with van der Waals surface area (Å²) in [6.45, 7) is 0.113. The zero-order valence-electron chi connectivity index (χ0n) is 12.5. The molecular weight excluding hydrogens is 306 g/mol. The Hall–Kier alpha value is -3.48. The van der Waals surface area contributed by atoms with Gasteiger partial charge in [-0.15, -0.1) is 0 Å². The Kier molecular flexibility index (Phi) is 3.13. The maximum absolute atomic E-state index is 12.2. The van der Waals surface area contributed by atoms with Gasteiger partial charge in [-0.1, -0.05) is 18.2 Å². The number of aliphatic hydroxyl groups excluding tert-OH is 1. The number of anilines is 1. The van der Waals surface area contributed by atoms with Crippen LogP contribution in [0.2, 0.25) is 0 Å². The minimum absolute atomic E-state index is 0.0240. The summed E-state index contributed by atoms with van der Waals surface area (Å²) < 4.78 is 0. The summed E-state index contributed by atoms with van der Waals surface area (Å²) in [4.78, 5) is 25.0. The van der Waals surface area contributed by atoms with Gasteiger partial charge in [0.2, 0.25) is 0 Å². The molecular formula is C17H13N5O2. The van der Waals surface area contributed by atoms with Crippen molar-refractivity contribution in [3.63, 3.8) is 0 Å². The molecule has 0 amide bonds. The molecule has 4 rings (SSSR count). The molecule has 1 aliphatic heterocycles. The second-order valence-corrected chi connectivity index (χ2v) is 5.38. The quantitative estimate of drug-likeness (QED) is 0.670.